The van der Waals surface area contributed by atoms with E-state index < -0.39 is 0 Å². The number of aryl methyl sites for hydroxylation is 1. The van der Waals surface area contributed by atoms with E-state index in [1.165, 1.54) is 0 Å². The number of rotatable bonds is 3. The van der Waals surface area contributed by atoms with Gasteiger partial charge < -0.3 is 5.32 Å². The molecule has 0 heterocycles. The van der Waals surface area contributed by atoms with Gasteiger partial charge in [0, 0.05) is 12.6 Å². The van der Waals surface area contributed by atoms with Crippen molar-refractivity contribution in [1.82, 2.24) is 5.32 Å². The first-order valence-electron chi connectivity index (χ1n) is 4.69. The number of nitrogens with one attached hydrogen (secondary N) is 1. The van der Waals surface area contributed by atoms with E-state index >= 15 is 0 Å². The van der Waals surface area contributed by atoms with E-state index in [1.807, 2.05) is 18.2 Å². The van der Waals surface area contributed by atoms with Crippen molar-refractivity contribution in [1.29, 1.82) is 0 Å². The number of hydrogen-bond acceptors (Lipinski definition) is 1. The standard InChI is InChI=1S/C12H15NO/c1-4-9-6-10(5-2)8-11(7-9)12(14)13-3/h4,6-8H,1,5H2,2-3H3,(H,13,14). The molecule has 0 saturated carbocycles. The van der Waals surface area contributed by atoms with E-state index in [1.54, 1.807) is 13.1 Å². The molecule has 0 aromatic heterocycles. The molecule has 0 atom stereocenters. The van der Waals surface area contributed by atoms with Crippen LogP contribution in [0.15, 0.2) is 24.8 Å². The molecule has 2 nitrogen and oxygen atoms in total. The lowest BCUT2D eigenvalue weighted by molar-refractivity contribution is 0.0963. The van der Waals surface area contributed by atoms with E-state index in [0.717, 1.165) is 17.5 Å². The second-order valence-corrected chi connectivity index (χ2v) is 3.10. The van der Waals surface area contributed by atoms with Gasteiger partial charge in [0.15, 0.2) is 0 Å². The Morgan fingerprint density at radius 2 is 2.21 bits per heavy atom. The van der Waals surface area contributed by atoms with Crippen molar-refractivity contribution in [2.24, 2.45) is 0 Å². The Bertz CT molecular complexity index is 355. The Morgan fingerprint density at radius 1 is 1.50 bits per heavy atom. The fourth-order valence-electron chi connectivity index (χ4n) is 1.32. The van der Waals surface area contributed by atoms with Gasteiger partial charge in [0.25, 0.3) is 5.91 Å². The summed E-state index contributed by atoms with van der Waals surface area (Å²) in [5.41, 5.74) is 2.84. The third-order valence-corrected chi connectivity index (χ3v) is 2.15. The van der Waals surface area contributed by atoms with Gasteiger partial charge in [0.1, 0.15) is 0 Å². The van der Waals surface area contributed by atoms with Crippen LogP contribution in [0.1, 0.15) is 28.4 Å². The minimum atomic E-state index is -0.0524. The van der Waals surface area contributed by atoms with Gasteiger partial charge in [-0.2, -0.15) is 0 Å². The van der Waals surface area contributed by atoms with Crippen molar-refractivity contribution in [2.75, 3.05) is 7.05 Å². The van der Waals surface area contributed by atoms with Crippen molar-refractivity contribution in [2.45, 2.75) is 13.3 Å². The van der Waals surface area contributed by atoms with E-state index in [9.17, 15) is 4.79 Å². The van der Waals surface area contributed by atoms with E-state index in [2.05, 4.69) is 18.8 Å². The number of carbonyl (C=O) groups is 1. The van der Waals surface area contributed by atoms with Crippen LogP contribution >= 0.6 is 0 Å². The van der Waals surface area contributed by atoms with E-state index in [0.29, 0.717) is 5.56 Å². The van der Waals surface area contributed by atoms with Crippen LogP contribution in [-0.2, 0) is 6.42 Å². The SMILES string of the molecule is C=Cc1cc(CC)cc(C(=O)NC)c1. The van der Waals surface area contributed by atoms with Crippen LogP contribution in [0.2, 0.25) is 0 Å². The molecule has 2 heteroatoms. The molecule has 74 valence electrons. The predicted molar refractivity (Wildman–Crippen MR) is 59.3 cm³/mol. The molecule has 0 aliphatic rings. The average molecular weight is 189 g/mol. The predicted octanol–water partition coefficient (Wildman–Crippen LogP) is 2.25. The van der Waals surface area contributed by atoms with E-state index in [4.69, 9.17) is 0 Å². The molecule has 14 heavy (non-hydrogen) atoms. The first-order valence-corrected chi connectivity index (χ1v) is 4.69. The summed E-state index contributed by atoms with van der Waals surface area (Å²) in [6, 6.07) is 5.79. The third-order valence-electron chi connectivity index (χ3n) is 2.15. The maximum Gasteiger partial charge on any atom is 0.251 e. The summed E-state index contributed by atoms with van der Waals surface area (Å²) in [7, 11) is 1.63. The Balaban J connectivity index is 3.16. The number of benzene rings is 1. The van der Waals surface area contributed by atoms with Gasteiger partial charge in [-0.1, -0.05) is 25.6 Å². The van der Waals surface area contributed by atoms with Crippen LogP contribution in [0.4, 0.5) is 0 Å². The number of amides is 1. The largest absolute Gasteiger partial charge is 0.355 e. The summed E-state index contributed by atoms with van der Waals surface area (Å²) >= 11 is 0. The molecule has 0 saturated heterocycles. The highest BCUT2D eigenvalue weighted by Gasteiger charge is 2.04. The fourth-order valence-corrected chi connectivity index (χ4v) is 1.32. The molecule has 0 unspecified atom stereocenters. The molecule has 0 bridgehead atoms. The first-order chi connectivity index (χ1) is 6.71. The zero-order valence-electron chi connectivity index (χ0n) is 8.63. The van der Waals surface area contributed by atoms with Gasteiger partial charge in [-0.3, -0.25) is 4.79 Å². The van der Waals surface area contributed by atoms with E-state index in [-0.39, 0.29) is 5.91 Å². The topological polar surface area (TPSA) is 29.1 Å². The highest BCUT2D eigenvalue weighted by Crippen LogP contribution is 2.12. The van der Waals surface area contributed by atoms with Crippen molar-refractivity contribution >= 4 is 12.0 Å². The summed E-state index contributed by atoms with van der Waals surface area (Å²) in [5.74, 6) is -0.0524. The third kappa shape index (κ3) is 2.22. The van der Waals surface area contributed by atoms with Crippen molar-refractivity contribution in [3.63, 3.8) is 0 Å². The van der Waals surface area contributed by atoms with Gasteiger partial charge in [-0.15, -0.1) is 0 Å². The molecule has 0 fully saturated rings. The summed E-state index contributed by atoms with van der Waals surface area (Å²) in [4.78, 5) is 11.4. The Kier molecular flexibility index (Phi) is 3.46. The molecule has 1 aromatic rings. The van der Waals surface area contributed by atoms with Crippen molar-refractivity contribution < 1.29 is 4.79 Å². The summed E-state index contributed by atoms with van der Waals surface area (Å²) in [5, 5.41) is 2.61. The lowest BCUT2D eigenvalue weighted by Gasteiger charge is -2.04. The summed E-state index contributed by atoms with van der Waals surface area (Å²) in [6.07, 6.45) is 2.68. The Labute approximate surface area is 84.6 Å². The molecule has 1 aromatic carbocycles. The smallest absolute Gasteiger partial charge is 0.251 e. The van der Waals surface area contributed by atoms with Gasteiger partial charge in [-0.25, -0.2) is 0 Å². The second kappa shape index (κ2) is 4.61. The quantitative estimate of drug-likeness (QED) is 0.776. The van der Waals surface area contributed by atoms with Crippen LogP contribution in [0.5, 0.6) is 0 Å². The molecule has 0 aliphatic heterocycles. The monoisotopic (exact) mass is 189 g/mol. The lowest BCUT2D eigenvalue weighted by Crippen LogP contribution is -2.18. The Hall–Kier alpha value is -1.57. The minimum absolute atomic E-state index is 0.0524. The molecular weight excluding hydrogens is 174 g/mol. The number of hydrogen-bond donors (Lipinski definition) is 1. The molecular formula is C12H15NO. The zero-order chi connectivity index (χ0) is 10.6. The van der Waals surface area contributed by atoms with Gasteiger partial charge in [0.2, 0.25) is 0 Å². The van der Waals surface area contributed by atoms with Gasteiger partial charge in [0.05, 0.1) is 0 Å². The fraction of sp³-hybridized carbons (Fsp3) is 0.250. The molecule has 1 amide bonds. The van der Waals surface area contributed by atoms with Crippen molar-refractivity contribution in [3.05, 3.63) is 41.5 Å². The van der Waals surface area contributed by atoms with Gasteiger partial charge >= 0.3 is 0 Å². The van der Waals surface area contributed by atoms with Crippen molar-refractivity contribution in [3.8, 4) is 0 Å². The van der Waals surface area contributed by atoms with Crippen LogP contribution < -0.4 is 5.32 Å². The minimum Gasteiger partial charge on any atom is -0.355 e. The zero-order valence-corrected chi connectivity index (χ0v) is 8.63. The molecule has 0 spiro atoms. The second-order valence-electron chi connectivity index (χ2n) is 3.10. The highest BCUT2D eigenvalue weighted by atomic mass is 16.1. The van der Waals surface area contributed by atoms with Gasteiger partial charge in [-0.05, 0) is 29.7 Å². The Morgan fingerprint density at radius 3 is 2.71 bits per heavy atom. The lowest BCUT2D eigenvalue weighted by atomic mass is 10.0. The van der Waals surface area contributed by atoms with Crippen LogP contribution in [-0.4, -0.2) is 13.0 Å². The maximum atomic E-state index is 11.4. The molecule has 0 radical (unpaired) electrons. The molecule has 1 rings (SSSR count). The van der Waals surface area contributed by atoms with Crippen LogP contribution in [0.25, 0.3) is 6.08 Å². The van der Waals surface area contributed by atoms with Crippen LogP contribution in [0, 0.1) is 0 Å². The normalized spacial score (nSPS) is 9.57. The highest BCUT2D eigenvalue weighted by molar-refractivity contribution is 5.94. The maximum absolute atomic E-state index is 11.4. The number of carbonyl (C=O) groups excluding carboxylic acids is 1. The summed E-state index contributed by atoms with van der Waals surface area (Å²) in [6.45, 7) is 5.77. The first kappa shape index (κ1) is 10.5. The average Bonchev–Trinajstić information content (AvgIpc) is 2.27. The van der Waals surface area contributed by atoms with Crippen LogP contribution in [0.3, 0.4) is 0 Å². The molecule has 1 N–H and O–H groups in total. The summed E-state index contributed by atoms with van der Waals surface area (Å²) < 4.78 is 0. The molecule has 0 aliphatic carbocycles.